The zero-order chi connectivity index (χ0) is 14.4. The first-order chi connectivity index (χ1) is 8.03. The molecule has 0 saturated carbocycles. The van der Waals surface area contributed by atoms with Crippen LogP contribution >= 0.6 is 0 Å². The molecular formula is C10H22NO6S+. The van der Waals surface area contributed by atoms with E-state index in [4.69, 9.17) is 9.29 Å². The van der Waals surface area contributed by atoms with Crippen LogP contribution in [0.2, 0.25) is 0 Å². The fourth-order valence-corrected chi connectivity index (χ4v) is 1.35. The number of carbonyl (C=O) groups excluding carboxylic acids is 1. The van der Waals surface area contributed by atoms with Gasteiger partial charge in [-0.15, -0.1) is 0 Å². The maximum atomic E-state index is 11.2. The van der Waals surface area contributed by atoms with E-state index in [1.807, 2.05) is 14.1 Å². The van der Waals surface area contributed by atoms with Crippen molar-refractivity contribution in [3.05, 3.63) is 0 Å². The van der Waals surface area contributed by atoms with Crippen LogP contribution in [0.5, 0.6) is 0 Å². The van der Waals surface area contributed by atoms with Gasteiger partial charge in [0.1, 0.15) is 26.3 Å². The summed E-state index contributed by atoms with van der Waals surface area (Å²) in [6.07, 6.45) is 0. The van der Waals surface area contributed by atoms with Gasteiger partial charge in [0.25, 0.3) is 0 Å². The zero-order valence-electron chi connectivity index (χ0n) is 11.2. The van der Waals surface area contributed by atoms with Gasteiger partial charge in [0.15, 0.2) is 0 Å². The van der Waals surface area contributed by atoms with Crippen LogP contribution in [0.1, 0.15) is 13.8 Å². The average molecular weight is 284 g/mol. The van der Waals surface area contributed by atoms with E-state index >= 15 is 0 Å². The van der Waals surface area contributed by atoms with Crippen molar-refractivity contribution in [3.63, 3.8) is 0 Å². The largest absolute Gasteiger partial charge is 0.459 e. The Morgan fingerprint density at radius 2 is 1.72 bits per heavy atom. The highest BCUT2D eigenvalue weighted by atomic mass is 32.3. The van der Waals surface area contributed by atoms with Crippen molar-refractivity contribution in [1.82, 2.24) is 0 Å². The van der Waals surface area contributed by atoms with Gasteiger partial charge >= 0.3 is 16.4 Å². The van der Waals surface area contributed by atoms with E-state index in [-0.39, 0.29) is 25.1 Å². The van der Waals surface area contributed by atoms with E-state index in [0.717, 1.165) is 0 Å². The van der Waals surface area contributed by atoms with E-state index in [1.54, 1.807) is 13.8 Å². The Morgan fingerprint density at radius 3 is 2.17 bits per heavy atom. The molecule has 8 heteroatoms. The van der Waals surface area contributed by atoms with Crippen LogP contribution in [-0.2, 0) is 24.1 Å². The molecule has 0 unspecified atom stereocenters. The van der Waals surface area contributed by atoms with Gasteiger partial charge < -0.3 is 9.22 Å². The summed E-state index contributed by atoms with van der Waals surface area (Å²) < 4.78 is 38.8. The molecule has 7 nitrogen and oxygen atoms in total. The number of esters is 1. The fraction of sp³-hybridized carbons (Fsp3) is 0.900. The molecule has 0 aromatic rings. The molecule has 1 N–H and O–H groups in total. The van der Waals surface area contributed by atoms with Gasteiger partial charge in [-0.2, -0.15) is 8.42 Å². The predicted molar refractivity (Wildman–Crippen MR) is 65.1 cm³/mol. The molecule has 108 valence electrons. The summed E-state index contributed by atoms with van der Waals surface area (Å²) in [5.41, 5.74) is 0. The number of likely N-dealkylation sites (N-methyl/N-ethyl adjacent to an activating group) is 1. The first-order valence-corrected chi connectivity index (χ1v) is 7.00. The van der Waals surface area contributed by atoms with Gasteiger partial charge in [-0.25, -0.2) is 4.18 Å². The molecule has 0 amide bonds. The van der Waals surface area contributed by atoms with E-state index in [1.165, 1.54) is 0 Å². The number of hydrogen-bond acceptors (Lipinski definition) is 5. The van der Waals surface area contributed by atoms with Crippen LogP contribution in [-0.4, -0.2) is 63.8 Å². The van der Waals surface area contributed by atoms with Crippen molar-refractivity contribution in [3.8, 4) is 0 Å². The number of hydrogen-bond donors (Lipinski definition) is 1. The summed E-state index contributed by atoms with van der Waals surface area (Å²) in [4.78, 5) is 11.2. The second-order valence-electron chi connectivity index (χ2n) is 4.95. The van der Waals surface area contributed by atoms with Gasteiger partial charge in [0, 0.05) is 0 Å². The molecule has 0 aromatic carbocycles. The minimum Gasteiger partial charge on any atom is -0.459 e. The van der Waals surface area contributed by atoms with Crippen LogP contribution in [0, 0.1) is 5.92 Å². The fourth-order valence-electron chi connectivity index (χ4n) is 1.06. The Labute approximate surface area is 108 Å². The summed E-state index contributed by atoms with van der Waals surface area (Å²) in [5, 5.41) is 0. The minimum absolute atomic E-state index is 0.121. The standard InChI is InChI=1S/C10H21NO6S/c1-9(2)10(12)16-7-5-11(3,4)6-8-17-18(13,14)15/h9H,5-8H2,1-4H3/p+1. The van der Waals surface area contributed by atoms with Crippen LogP contribution in [0.3, 0.4) is 0 Å². The molecule has 0 heterocycles. The van der Waals surface area contributed by atoms with Gasteiger partial charge in [-0.1, -0.05) is 13.8 Å². The zero-order valence-corrected chi connectivity index (χ0v) is 12.1. The molecule has 0 spiro atoms. The van der Waals surface area contributed by atoms with E-state index in [9.17, 15) is 13.2 Å². The summed E-state index contributed by atoms with van der Waals surface area (Å²) in [7, 11) is -0.699. The molecule has 0 radical (unpaired) electrons. The van der Waals surface area contributed by atoms with Crippen molar-refractivity contribution >= 4 is 16.4 Å². The molecule has 0 aliphatic carbocycles. The summed E-state index contributed by atoms with van der Waals surface area (Å²) in [5.74, 6) is -0.423. The second kappa shape index (κ2) is 7.03. The number of rotatable bonds is 8. The highest BCUT2D eigenvalue weighted by Gasteiger charge is 2.18. The highest BCUT2D eigenvalue weighted by Crippen LogP contribution is 2.00. The third-order valence-electron chi connectivity index (χ3n) is 2.34. The molecule has 0 bridgehead atoms. The molecule has 0 atom stereocenters. The molecule has 0 fully saturated rings. The maximum Gasteiger partial charge on any atom is 0.397 e. The van der Waals surface area contributed by atoms with E-state index < -0.39 is 10.4 Å². The van der Waals surface area contributed by atoms with Gasteiger partial charge in [0.2, 0.25) is 0 Å². The molecule has 18 heavy (non-hydrogen) atoms. The van der Waals surface area contributed by atoms with Crippen molar-refractivity contribution < 1.29 is 31.2 Å². The van der Waals surface area contributed by atoms with Crippen molar-refractivity contribution in [2.45, 2.75) is 13.8 Å². The Hall–Kier alpha value is -0.700. The minimum atomic E-state index is -4.39. The van der Waals surface area contributed by atoms with Crippen molar-refractivity contribution in [2.24, 2.45) is 5.92 Å². The summed E-state index contributed by atoms with van der Waals surface area (Å²) >= 11 is 0. The Bertz CT molecular complexity index is 363. The van der Waals surface area contributed by atoms with Gasteiger partial charge in [0.05, 0.1) is 20.0 Å². The molecule has 0 aliphatic rings. The lowest BCUT2D eigenvalue weighted by atomic mass is 10.2. The normalized spacial score (nSPS) is 12.8. The monoisotopic (exact) mass is 284 g/mol. The Balaban J connectivity index is 3.90. The molecule has 0 saturated heterocycles. The van der Waals surface area contributed by atoms with Gasteiger partial charge in [-0.05, 0) is 0 Å². The molecule has 0 aliphatic heterocycles. The summed E-state index contributed by atoms with van der Waals surface area (Å²) in [6.45, 7) is 4.55. The maximum absolute atomic E-state index is 11.2. The van der Waals surface area contributed by atoms with Crippen LogP contribution in [0.25, 0.3) is 0 Å². The third-order valence-corrected chi connectivity index (χ3v) is 2.81. The van der Waals surface area contributed by atoms with Crippen molar-refractivity contribution in [1.29, 1.82) is 0 Å². The van der Waals surface area contributed by atoms with Crippen LogP contribution in [0.15, 0.2) is 0 Å². The Morgan fingerprint density at radius 1 is 1.22 bits per heavy atom. The number of ether oxygens (including phenoxy) is 1. The quantitative estimate of drug-likeness (QED) is 0.386. The number of carbonyl (C=O) groups is 1. The Kier molecular flexibility index (Phi) is 6.76. The predicted octanol–water partition coefficient (Wildman–Crippen LogP) is 0.0814. The topological polar surface area (TPSA) is 89.9 Å². The van der Waals surface area contributed by atoms with Crippen molar-refractivity contribution in [2.75, 3.05) is 40.4 Å². The number of nitrogens with zero attached hydrogens (tertiary/aromatic N) is 1. The number of quaternary nitrogens is 1. The lowest BCUT2D eigenvalue weighted by molar-refractivity contribution is -0.890. The molecule has 0 rings (SSSR count). The van der Waals surface area contributed by atoms with Crippen LogP contribution in [0.4, 0.5) is 0 Å². The van der Waals surface area contributed by atoms with E-state index in [0.29, 0.717) is 17.6 Å². The molecular weight excluding hydrogens is 262 g/mol. The van der Waals surface area contributed by atoms with Crippen LogP contribution < -0.4 is 0 Å². The smallest absolute Gasteiger partial charge is 0.397 e. The third kappa shape index (κ3) is 9.34. The van der Waals surface area contributed by atoms with Gasteiger partial charge in [-0.3, -0.25) is 9.35 Å². The average Bonchev–Trinajstić information content (AvgIpc) is 2.14. The highest BCUT2D eigenvalue weighted by molar-refractivity contribution is 7.80. The molecule has 0 aromatic heterocycles. The lowest BCUT2D eigenvalue weighted by Gasteiger charge is -2.29. The first-order valence-electron chi connectivity index (χ1n) is 5.64. The second-order valence-corrected chi connectivity index (χ2v) is 6.05. The van der Waals surface area contributed by atoms with E-state index in [2.05, 4.69) is 4.18 Å². The SMILES string of the molecule is CC(C)C(=O)OCC[N+](C)(C)CCOS(=O)(=O)O. The lowest BCUT2D eigenvalue weighted by Crippen LogP contribution is -2.45. The summed E-state index contributed by atoms with van der Waals surface area (Å²) in [6, 6.07) is 0. The first kappa shape index (κ1) is 17.3.